The van der Waals surface area contributed by atoms with E-state index in [0.717, 1.165) is 5.92 Å². The molecule has 0 bridgehead atoms. The molecule has 0 spiro atoms. The summed E-state index contributed by atoms with van der Waals surface area (Å²) in [6, 6.07) is 4.53. The van der Waals surface area contributed by atoms with Gasteiger partial charge < -0.3 is 0 Å². The van der Waals surface area contributed by atoms with Crippen molar-refractivity contribution in [1.82, 2.24) is 0 Å². The first kappa shape index (κ1) is 11.8. The molecule has 1 heteroatoms. The second kappa shape index (κ2) is 6.23. The minimum atomic E-state index is 0.769. The van der Waals surface area contributed by atoms with Crippen LogP contribution in [0, 0.1) is 6.92 Å². The number of rotatable bonds is 6. The third-order valence-corrected chi connectivity index (χ3v) is 3.97. The Morgan fingerprint density at radius 2 is 2.00 bits per heavy atom. The standard InChI is InChI=1S/C13H22S/c1-4-5-6-7-8-11(2)13-10-9-12(3)14-13/h9-11H,4-8H2,1-3H3. The fourth-order valence-corrected chi connectivity index (χ4v) is 2.70. The van der Waals surface area contributed by atoms with Crippen LogP contribution in [-0.2, 0) is 0 Å². The molecule has 1 heterocycles. The maximum atomic E-state index is 2.36. The van der Waals surface area contributed by atoms with Gasteiger partial charge in [-0.15, -0.1) is 11.3 Å². The Morgan fingerprint density at radius 1 is 1.21 bits per heavy atom. The van der Waals surface area contributed by atoms with Crippen LogP contribution in [0.1, 0.15) is 61.6 Å². The highest BCUT2D eigenvalue weighted by Gasteiger charge is 2.06. The smallest absolute Gasteiger partial charge is 0.00762 e. The SMILES string of the molecule is CCCCCCC(C)c1ccc(C)s1. The molecule has 0 aliphatic rings. The van der Waals surface area contributed by atoms with Crippen molar-refractivity contribution in [2.24, 2.45) is 0 Å². The third kappa shape index (κ3) is 3.83. The summed E-state index contributed by atoms with van der Waals surface area (Å²) in [4.78, 5) is 3.01. The highest BCUT2D eigenvalue weighted by atomic mass is 32.1. The van der Waals surface area contributed by atoms with E-state index in [1.165, 1.54) is 37.0 Å². The molecular weight excluding hydrogens is 188 g/mol. The van der Waals surface area contributed by atoms with Gasteiger partial charge in [0.25, 0.3) is 0 Å². The van der Waals surface area contributed by atoms with Gasteiger partial charge in [-0.2, -0.15) is 0 Å². The van der Waals surface area contributed by atoms with Crippen LogP contribution in [0.25, 0.3) is 0 Å². The summed E-state index contributed by atoms with van der Waals surface area (Å²) in [6.45, 7) is 6.82. The molecule has 0 amide bonds. The summed E-state index contributed by atoms with van der Waals surface area (Å²) < 4.78 is 0. The Hall–Kier alpha value is -0.300. The minimum Gasteiger partial charge on any atom is -0.145 e. The zero-order chi connectivity index (χ0) is 10.4. The minimum absolute atomic E-state index is 0.769. The number of thiophene rings is 1. The molecule has 80 valence electrons. The predicted molar refractivity (Wildman–Crippen MR) is 66.2 cm³/mol. The second-order valence-corrected chi connectivity index (χ2v) is 5.52. The van der Waals surface area contributed by atoms with E-state index in [-0.39, 0.29) is 0 Å². The van der Waals surface area contributed by atoms with Crippen LogP contribution in [0.4, 0.5) is 0 Å². The Labute approximate surface area is 92.4 Å². The lowest BCUT2D eigenvalue weighted by Gasteiger charge is -2.08. The molecule has 0 aromatic carbocycles. The van der Waals surface area contributed by atoms with Gasteiger partial charge in [-0.1, -0.05) is 39.5 Å². The second-order valence-electron chi connectivity index (χ2n) is 4.20. The van der Waals surface area contributed by atoms with Crippen LogP contribution in [0.5, 0.6) is 0 Å². The summed E-state index contributed by atoms with van der Waals surface area (Å²) in [6.07, 6.45) is 6.90. The number of hydrogen-bond acceptors (Lipinski definition) is 1. The monoisotopic (exact) mass is 210 g/mol. The number of unbranched alkanes of at least 4 members (excludes halogenated alkanes) is 3. The van der Waals surface area contributed by atoms with E-state index in [2.05, 4.69) is 32.9 Å². The first-order valence-corrected chi connectivity index (χ1v) is 6.62. The van der Waals surface area contributed by atoms with Crippen molar-refractivity contribution in [3.63, 3.8) is 0 Å². The van der Waals surface area contributed by atoms with Crippen LogP contribution in [0.3, 0.4) is 0 Å². The lowest BCUT2D eigenvalue weighted by atomic mass is 10.0. The predicted octanol–water partition coefficient (Wildman–Crippen LogP) is 5.13. The van der Waals surface area contributed by atoms with Gasteiger partial charge in [-0.25, -0.2) is 0 Å². The molecule has 1 aromatic rings. The van der Waals surface area contributed by atoms with Crippen molar-refractivity contribution in [1.29, 1.82) is 0 Å². The molecule has 14 heavy (non-hydrogen) atoms. The van der Waals surface area contributed by atoms with E-state index >= 15 is 0 Å². The molecule has 0 aliphatic carbocycles. The maximum absolute atomic E-state index is 2.36. The van der Waals surface area contributed by atoms with E-state index < -0.39 is 0 Å². The highest BCUT2D eigenvalue weighted by molar-refractivity contribution is 7.12. The van der Waals surface area contributed by atoms with Crippen molar-refractivity contribution in [3.05, 3.63) is 21.9 Å². The van der Waals surface area contributed by atoms with E-state index in [0.29, 0.717) is 0 Å². The topological polar surface area (TPSA) is 0 Å². The molecular formula is C13H22S. The van der Waals surface area contributed by atoms with Crippen LogP contribution in [-0.4, -0.2) is 0 Å². The fourth-order valence-electron chi connectivity index (χ4n) is 1.74. The first-order chi connectivity index (χ1) is 6.74. The molecule has 0 saturated carbocycles. The van der Waals surface area contributed by atoms with E-state index in [9.17, 15) is 0 Å². The van der Waals surface area contributed by atoms with Crippen molar-refractivity contribution >= 4 is 11.3 Å². The molecule has 1 aromatic heterocycles. The van der Waals surface area contributed by atoms with Crippen molar-refractivity contribution < 1.29 is 0 Å². The van der Waals surface area contributed by atoms with Crippen molar-refractivity contribution in [2.75, 3.05) is 0 Å². The molecule has 0 saturated heterocycles. The molecule has 0 fully saturated rings. The molecule has 1 rings (SSSR count). The van der Waals surface area contributed by atoms with Gasteiger partial charge in [0.15, 0.2) is 0 Å². The van der Waals surface area contributed by atoms with Gasteiger partial charge in [0.2, 0.25) is 0 Å². The van der Waals surface area contributed by atoms with E-state index in [1.54, 1.807) is 4.88 Å². The van der Waals surface area contributed by atoms with Gasteiger partial charge in [-0.05, 0) is 31.4 Å². The van der Waals surface area contributed by atoms with Gasteiger partial charge in [0.05, 0.1) is 0 Å². The largest absolute Gasteiger partial charge is 0.145 e. The van der Waals surface area contributed by atoms with E-state index in [4.69, 9.17) is 0 Å². The lowest BCUT2D eigenvalue weighted by molar-refractivity contribution is 0.584. The number of aryl methyl sites for hydroxylation is 1. The lowest BCUT2D eigenvalue weighted by Crippen LogP contribution is -1.89. The third-order valence-electron chi connectivity index (χ3n) is 2.74. The summed E-state index contributed by atoms with van der Waals surface area (Å²) in [5.41, 5.74) is 0. The average Bonchev–Trinajstić information content (AvgIpc) is 2.59. The summed E-state index contributed by atoms with van der Waals surface area (Å²) in [7, 11) is 0. The van der Waals surface area contributed by atoms with Gasteiger partial charge in [0, 0.05) is 9.75 Å². The fraction of sp³-hybridized carbons (Fsp3) is 0.692. The summed E-state index contributed by atoms with van der Waals surface area (Å²) in [5, 5.41) is 0. The Bertz CT molecular complexity index is 249. The summed E-state index contributed by atoms with van der Waals surface area (Å²) >= 11 is 1.96. The van der Waals surface area contributed by atoms with Crippen LogP contribution in [0.15, 0.2) is 12.1 Å². The average molecular weight is 210 g/mol. The molecule has 0 nitrogen and oxygen atoms in total. The van der Waals surface area contributed by atoms with Crippen molar-refractivity contribution in [2.45, 2.75) is 58.8 Å². The zero-order valence-corrected chi connectivity index (χ0v) is 10.5. The highest BCUT2D eigenvalue weighted by Crippen LogP contribution is 2.28. The van der Waals surface area contributed by atoms with Crippen LogP contribution in [0.2, 0.25) is 0 Å². The quantitative estimate of drug-likeness (QED) is 0.571. The molecule has 0 radical (unpaired) electrons. The van der Waals surface area contributed by atoms with Crippen molar-refractivity contribution in [3.8, 4) is 0 Å². The van der Waals surface area contributed by atoms with Gasteiger partial charge in [-0.3, -0.25) is 0 Å². The zero-order valence-electron chi connectivity index (χ0n) is 9.68. The van der Waals surface area contributed by atoms with Gasteiger partial charge in [0.1, 0.15) is 0 Å². The molecule has 1 atom stereocenters. The summed E-state index contributed by atoms with van der Waals surface area (Å²) in [5.74, 6) is 0.769. The molecule has 1 unspecified atom stereocenters. The van der Waals surface area contributed by atoms with Gasteiger partial charge >= 0.3 is 0 Å². The Balaban J connectivity index is 2.25. The Morgan fingerprint density at radius 3 is 2.57 bits per heavy atom. The van der Waals surface area contributed by atoms with Crippen LogP contribution >= 0.6 is 11.3 Å². The Kier molecular flexibility index (Phi) is 5.24. The first-order valence-electron chi connectivity index (χ1n) is 5.80. The maximum Gasteiger partial charge on any atom is 0.00762 e. The molecule has 0 aliphatic heterocycles. The van der Waals surface area contributed by atoms with E-state index in [1.807, 2.05) is 11.3 Å². The number of hydrogen-bond donors (Lipinski definition) is 0. The van der Waals surface area contributed by atoms with Crippen LogP contribution < -0.4 is 0 Å². The normalized spacial score (nSPS) is 13.1. The molecule has 0 N–H and O–H groups in total.